The third-order valence-electron chi connectivity index (χ3n) is 2.97. The SMILES string of the molecule is CCc1occc1C(N)c1ccc(OC)c(Cl)c1. The van der Waals surface area contributed by atoms with Gasteiger partial charge in [0.2, 0.25) is 0 Å². The highest BCUT2D eigenvalue weighted by Gasteiger charge is 2.16. The molecule has 0 bridgehead atoms. The van der Waals surface area contributed by atoms with E-state index >= 15 is 0 Å². The van der Waals surface area contributed by atoms with Crippen LogP contribution in [0.5, 0.6) is 5.75 Å². The number of nitrogens with two attached hydrogens (primary N) is 1. The number of ether oxygens (including phenoxy) is 1. The third kappa shape index (κ3) is 2.37. The summed E-state index contributed by atoms with van der Waals surface area (Å²) in [7, 11) is 1.59. The zero-order chi connectivity index (χ0) is 13.1. The smallest absolute Gasteiger partial charge is 0.137 e. The quantitative estimate of drug-likeness (QED) is 0.920. The summed E-state index contributed by atoms with van der Waals surface area (Å²) in [5, 5.41) is 0.562. The van der Waals surface area contributed by atoms with Crippen molar-refractivity contribution in [2.24, 2.45) is 5.73 Å². The van der Waals surface area contributed by atoms with E-state index in [4.69, 9.17) is 26.5 Å². The zero-order valence-electron chi connectivity index (χ0n) is 10.4. The molecule has 1 atom stereocenters. The summed E-state index contributed by atoms with van der Waals surface area (Å²) >= 11 is 6.10. The van der Waals surface area contributed by atoms with Crippen molar-refractivity contribution in [1.82, 2.24) is 0 Å². The van der Waals surface area contributed by atoms with E-state index in [0.29, 0.717) is 10.8 Å². The van der Waals surface area contributed by atoms with E-state index in [1.54, 1.807) is 13.4 Å². The molecule has 0 aliphatic heterocycles. The van der Waals surface area contributed by atoms with Crippen molar-refractivity contribution in [3.05, 3.63) is 52.4 Å². The van der Waals surface area contributed by atoms with E-state index in [1.807, 2.05) is 31.2 Å². The maximum absolute atomic E-state index is 6.24. The number of hydrogen-bond donors (Lipinski definition) is 1. The number of aryl methyl sites for hydroxylation is 1. The molecule has 4 heteroatoms. The van der Waals surface area contributed by atoms with Gasteiger partial charge in [-0.1, -0.05) is 24.6 Å². The van der Waals surface area contributed by atoms with Gasteiger partial charge in [0, 0.05) is 12.0 Å². The van der Waals surface area contributed by atoms with Gasteiger partial charge in [0.25, 0.3) is 0 Å². The molecule has 1 unspecified atom stereocenters. The minimum absolute atomic E-state index is 0.234. The lowest BCUT2D eigenvalue weighted by molar-refractivity contribution is 0.415. The van der Waals surface area contributed by atoms with Crippen LogP contribution in [0.3, 0.4) is 0 Å². The molecule has 1 heterocycles. The monoisotopic (exact) mass is 265 g/mol. The molecule has 0 saturated carbocycles. The first-order valence-electron chi connectivity index (χ1n) is 5.82. The molecule has 0 saturated heterocycles. The van der Waals surface area contributed by atoms with Crippen LogP contribution in [0, 0.1) is 0 Å². The van der Waals surface area contributed by atoms with Crippen molar-refractivity contribution in [3.63, 3.8) is 0 Å². The number of furan rings is 1. The topological polar surface area (TPSA) is 48.4 Å². The normalized spacial score (nSPS) is 12.4. The van der Waals surface area contributed by atoms with Crippen molar-refractivity contribution in [2.75, 3.05) is 7.11 Å². The van der Waals surface area contributed by atoms with Crippen LogP contribution in [0.15, 0.2) is 34.9 Å². The second kappa shape index (κ2) is 5.46. The lowest BCUT2D eigenvalue weighted by Gasteiger charge is -2.13. The molecule has 3 nitrogen and oxygen atoms in total. The van der Waals surface area contributed by atoms with Crippen molar-refractivity contribution in [2.45, 2.75) is 19.4 Å². The molecular weight excluding hydrogens is 250 g/mol. The fourth-order valence-corrected chi connectivity index (χ4v) is 2.24. The number of benzene rings is 1. The van der Waals surface area contributed by atoms with Crippen LogP contribution in [-0.2, 0) is 6.42 Å². The van der Waals surface area contributed by atoms with E-state index in [-0.39, 0.29) is 6.04 Å². The fourth-order valence-electron chi connectivity index (χ4n) is 1.97. The fraction of sp³-hybridized carbons (Fsp3) is 0.286. The second-order valence-corrected chi connectivity index (χ2v) is 4.43. The van der Waals surface area contributed by atoms with E-state index in [1.165, 1.54) is 0 Å². The average molecular weight is 266 g/mol. The van der Waals surface area contributed by atoms with Crippen LogP contribution in [0.2, 0.25) is 5.02 Å². The van der Waals surface area contributed by atoms with Crippen molar-refractivity contribution in [3.8, 4) is 5.75 Å². The molecule has 0 radical (unpaired) electrons. The average Bonchev–Trinajstić information content (AvgIpc) is 2.86. The Hall–Kier alpha value is -1.45. The molecule has 0 amide bonds. The van der Waals surface area contributed by atoms with Crippen LogP contribution in [0.25, 0.3) is 0 Å². The minimum Gasteiger partial charge on any atom is -0.495 e. The zero-order valence-corrected chi connectivity index (χ0v) is 11.2. The molecule has 0 fully saturated rings. The summed E-state index contributed by atoms with van der Waals surface area (Å²) in [5.41, 5.74) is 8.18. The minimum atomic E-state index is -0.234. The standard InChI is InChI=1S/C14H16ClNO2/c1-3-12-10(6-7-18-12)14(16)9-4-5-13(17-2)11(15)8-9/h4-8,14H,3,16H2,1-2H3. The third-order valence-corrected chi connectivity index (χ3v) is 3.27. The molecule has 0 aliphatic rings. The van der Waals surface area contributed by atoms with E-state index in [0.717, 1.165) is 23.3 Å². The predicted octanol–water partition coefficient (Wildman–Crippen LogP) is 3.55. The highest BCUT2D eigenvalue weighted by atomic mass is 35.5. The predicted molar refractivity (Wildman–Crippen MR) is 72.1 cm³/mol. The van der Waals surface area contributed by atoms with E-state index in [9.17, 15) is 0 Å². The van der Waals surface area contributed by atoms with E-state index in [2.05, 4.69) is 0 Å². The van der Waals surface area contributed by atoms with Gasteiger partial charge >= 0.3 is 0 Å². The van der Waals surface area contributed by atoms with Gasteiger partial charge in [-0.2, -0.15) is 0 Å². The molecule has 18 heavy (non-hydrogen) atoms. The molecule has 1 aromatic heterocycles. The lowest BCUT2D eigenvalue weighted by atomic mass is 9.99. The molecule has 1 aromatic carbocycles. The summed E-state index contributed by atoms with van der Waals surface area (Å²) in [5.74, 6) is 1.56. The summed E-state index contributed by atoms with van der Waals surface area (Å²) in [6, 6.07) is 7.24. The van der Waals surface area contributed by atoms with Gasteiger partial charge in [-0.25, -0.2) is 0 Å². The first-order chi connectivity index (χ1) is 8.67. The van der Waals surface area contributed by atoms with Crippen molar-refractivity contribution < 1.29 is 9.15 Å². The van der Waals surface area contributed by atoms with Crippen LogP contribution in [0.1, 0.15) is 29.9 Å². The summed E-state index contributed by atoms with van der Waals surface area (Å²) in [4.78, 5) is 0. The largest absolute Gasteiger partial charge is 0.495 e. The second-order valence-electron chi connectivity index (χ2n) is 4.02. The first-order valence-corrected chi connectivity index (χ1v) is 6.20. The molecule has 2 rings (SSSR count). The Morgan fingerprint density at radius 2 is 2.17 bits per heavy atom. The summed E-state index contributed by atoms with van der Waals surface area (Å²) < 4.78 is 10.5. The lowest BCUT2D eigenvalue weighted by Crippen LogP contribution is -2.12. The molecule has 96 valence electrons. The van der Waals surface area contributed by atoms with Crippen molar-refractivity contribution in [1.29, 1.82) is 0 Å². The Kier molecular flexibility index (Phi) is 3.94. The van der Waals surface area contributed by atoms with Crippen LogP contribution in [0.4, 0.5) is 0 Å². The highest BCUT2D eigenvalue weighted by Crippen LogP contribution is 2.30. The summed E-state index contributed by atoms with van der Waals surface area (Å²) in [6.45, 7) is 2.04. The Bertz CT molecular complexity index is 536. The van der Waals surface area contributed by atoms with Crippen LogP contribution in [-0.4, -0.2) is 7.11 Å². The Labute approximate surface area is 111 Å². The molecule has 0 spiro atoms. The van der Waals surface area contributed by atoms with Gasteiger partial charge in [-0.3, -0.25) is 0 Å². The first kappa shape index (κ1) is 13.0. The Balaban J connectivity index is 2.34. The summed E-state index contributed by atoms with van der Waals surface area (Å²) in [6.07, 6.45) is 2.49. The number of methoxy groups -OCH3 is 1. The number of rotatable bonds is 4. The van der Waals surface area contributed by atoms with Gasteiger partial charge in [0.15, 0.2) is 0 Å². The van der Waals surface area contributed by atoms with E-state index < -0.39 is 0 Å². The van der Waals surface area contributed by atoms with Gasteiger partial charge in [0.05, 0.1) is 24.4 Å². The highest BCUT2D eigenvalue weighted by molar-refractivity contribution is 6.32. The van der Waals surface area contributed by atoms with Crippen molar-refractivity contribution >= 4 is 11.6 Å². The molecule has 0 aliphatic carbocycles. The maximum Gasteiger partial charge on any atom is 0.137 e. The van der Waals surface area contributed by atoms with Gasteiger partial charge in [0.1, 0.15) is 11.5 Å². The molecule has 2 N–H and O–H groups in total. The Morgan fingerprint density at radius 1 is 1.39 bits per heavy atom. The number of hydrogen-bond acceptors (Lipinski definition) is 3. The van der Waals surface area contributed by atoms with Gasteiger partial charge in [-0.05, 0) is 23.8 Å². The van der Waals surface area contributed by atoms with Crippen LogP contribution < -0.4 is 10.5 Å². The van der Waals surface area contributed by atoms with Crippen LogP contribution >= 0.6 is 11.6 Å². The maximum atomic E-state index is 6.24. The Morgan fingerprint density at radius 3 is 2.78 bits per heavy atom. The van der Waals surface area contributed by atoms with Gasteiger partial charge in [-0.15, -0.1) is 0 Å². The molecule has 2 aromatic rings. The molecular formula is C14H16ClNO2. The van der Waals surface area contributed by atoms with Gasteiger partial charge < -0.3 is 14.9 Å². The number of halogens is 1.